The Hall–Kier alpha value is -2.24. The summed E-state index contributed by atoms with van der Waals surface area (Å²) < 4.78 is 10.1. The molecule has 1 aromatic carbocycles. The van der Waals surface area contributed by atoms with Crippen molar-refractivity contribution in [3.8, 4) is 5.75 Å². The summed E-state index contributed by atoms with van der Waals surface area (Å²) in [5, 5.41) is 0. The number of piperazine rings is 1. The van der Waals surface area contributed by atoms with Crippen LogP contribution in [0.1, 0.15) is 0 Å². The Morgan fingerprint density at radius 2 is 1.65 bits per heavy atom. The molecule has 1 aliphatic heterocycles. The molecular weight excluding hydrogens is 260 g/mol. The Morgan fingerprint density at radius 3 is 2.25 bits per heavy atom. The van der Waals surface area contributed by atoms with E-state index in [1.54, 1.807) is 9.80 Å². The average molecular weight is 278 g/mol. The van der Waals surface area contributed by atoms with Crippen LogP contribution in [0, 0.1) is 0 Å². The van der Waals surface area contributed by atoms with Gasteiger partial charge in [0.25, 0.3) is 5.91 Å². The van der Waals surface area contributed by atoms with E-state index >= 15 is 0 Å². The van der Waals surface area contributed by atoms with E-state index in [9.17, 15) is 9.59 Å². The second kappa shape index (κ2) is 6.79. The molecule has 0 unspecified atom stereocenters. The number of methoxy groups -OCH3 is 1. The molecule has 1 saturated heterocycles. The van der Waals surface area contributed by atoms with E-state index in [1.807, 2.05) is 30.3 Å². The highest BCUT2D eigenvalue weighted by Gasteiger charge is 2.24. The number of rotatable bonds is 3. The summed E-state index contributed by atoms with van der Waals surface area (Å²) in [6, 6.07) is 9.22. The lowest BCUT2D eigenvalue weighted by Gasteiger charge is -2.33. The largest absolute Gasteiger partial charge is 0.484 e. The van der Waals surface area contributed by atoms with Gasteiger partial charge in [-0.2, -0.15) is 0 Å². The van der Waals surface area contributed by atoms with Crippen molar-refractivity contribution in [1.82, 2.24) is 9.80 Å². The zero-order valence-corrected chi connectivity index (χ0v) is 11.4. The number of hydrogen-bond donors (Lipinski definition) is 0. The molecule has 0 aromatic heterocycles. The van der Waals surface area contributed by atoms with Crippen molar-refractivity contribution in [2.75, 3.05) is 39.9 Å². The van der Waals surface area contributed by atoms with Gasteiger partial charge in [0, 0.05) is 26.2 Å². The maximum absolute atomic E-state index is 12.0. The third-order valence-corrected chi connectivity index (χ3v) is 3.17. The minimum atomic E-state index is -0.349. The number of carbonyl (C=O) groups excluding carboxylic acids is 2. The van der Waals surface area contributed by atoms with Crippen LogP contribution in [-0.4, -0.2) is 61.7 Å². The zero-order chi connectivity index (χ0) is 14.4. The van der Waals surface area contributed by atoms with Crippen molar-refractivity contribution < 1.29 is 19.1 Å². The highest BCUT2D eigenvalue weighted by atomic mass is 16.5. The van der Waals surface area contributed by atoms with Crippen molar-refractivity contribution in [3.63, 3.8) is 0 Å². The first kappa shape index (κ1) is 14.2. The lowest BCUT2D eigenvalue weighted by atomic mass is 10.3. The topological polar surface area (TPSA) is 59.1 Å². The summed E-state index contributed by atoms with van der Waals surface area (Å²) in [6.45, 7) is 2.01. The highest BCUT2D eigenvalue weighted by Crippen LogP contribution is 2.09. The van der Waals surface area contributed by atoms with Gasteiger partial charge < -0.3 is 19.3 Å². The summed E-state index contributed by atoms with van der Waals surface area (Å²) in [6.07, 6.45) is -0.349. The van der Waals surface area contributed by atoms with E-state index in [4.69, 9.17) is 4.74 Å². The van der Waals surface area contributed by atoms with Gasteiger partial charge in [0.1, 0.15) is 5.75 Å². The van der Waals surface area contributed by atoms with E-state index in [1.165, 1.54) is 7.11 Å². The van der Waals surface area contributed by atoms with Crippen LogP contribution < -0.4 is 4.74 Å². The van der Waals surface area contributed by atoms with Crippen LogP contribution in [-0.2, 0) is 9.53 Å². The molecule has 0 saturated carbocycles. The number of carbonyl (C=O) groups is 2. The standard InChI is InChI=1S/C14H18N2O4/c1-19-14(18)16-9-7-15(8-10-16)13(17)11-20-12-5-3-2-4-6-12/h2-6H,7-11H2,1H3. The minimum absolute atomic E-state index is 0.0161. The van der Waals surface area contributed by atoms with Crippen LogP contribution >= 0.6 is 0 Å². The fourth-order valence-electron chi connectivity index (χ4n) is 2.02. The molecule has 2 amide bonds. The van der Waals surface area contributed by atoms with E-state index in [-0.39, 0.29) is 18.6 Å². The molecular formula is C14H18N2O4. The average Bonchev–Trinajstić information content (AvgIpc) is 2.53. The van der Waals surface area contributed by atoms with Crippen LogP contribution in [0.2, 0.25) is 0 Å². The summed E-state index contributed by atoms with van der Waals surface area (Å²) in [5.74, 6) is 0.604. The molecule has 20 heavy (non-hydrogen) atoms. The zero-order valence-electron chi connectivity index (χ0n) is 11.4. The van der Waals surface area contributed by atoms with Gasteiger partial charge in [-0.25, -0.2) is 4.79 Å². The maximum Gasteiger partial charge on any atom is 0.409 e. The number of hydrogen-bond acceptors (Lipinski definition) is 4. The van der Waals surface area contributed by atoms with Crippen LogP contribution in [0.15, 0.2) is 30.3 Å². The Labute approximate surface area is 117 Å². The number of para-hydroxylation sites is 1. The third-order valence-electron chi connectivity index (χ3n) is 3.17. The van der Waals surface area contributed by atoms with Crippen molar-refractivity contribution in [2.24, 2.45) is 0 Å². The van der Waals surface area contributed by atoms with Crippen LogP contribution in [0.3, 0.4) is 0 Å². The molecule has 0 aliphatic carbocycles. The van der Waals surface area contributed by atoms with Gasteiger partial charge >= 0.3 is 6.09 Å². The lowest BCUT2D eigenvalue weighted by Crippen LogP contribution is -2.51. The Balaban J connectivity index is 1.76. The van der Waals surface area contributed by atoms with Crippen LogP contribution in [0.25, 0.3) is 0 Å². The summed E-state index contributed by atoms with van der Waals surface area (Å²) in [5.41, 5.74) is 0. The quantitative estimate of drug-likeness (QED) is 0.827. The molecule has 1 heterocycles. The molecule has 1 aliphatic rings. The van der Waals surface area contributed by atoms with Gasteiger partial charge in [0.05, 0.1) is 7.11 Å². The van der Waals surface area contributed by atoms with E-state index in [0.29, 0.717) is 31.9 Å². The second-order valence-corrected chi connectivity index (χ2v) is 4.44. The number of ether oxygens (including phenoxy) is 2. The SMILES string of the molecule is COC(=O)N1CCN(C(=O)COc2ccccc2)CC1. The van der Waals surface area contributed by atoms with Gasteiger partial charge in [0.2, 0.25) is 0 Å². The molecule has 6 heteroatoms. The Bertz CT molecular complexity index is 456. The van der Waals surface area contributed by atoms with Gasteiger partial charge in [-0.1, -0.05) is 18.2 Å². The van der Waals surface area contributed by atoms with Crippen molar-refractivity contribution in [2.45, 2.75) is 0 Å². The fourth-order valence-corrected chi connectivity index (χ4v) is 2.02. The first-order valence-corrected chi connectivity index (χ1v) is 6.49. The monoisotopic (exact) mass is 278 g/mol. The molecule has 0 atom stereocenters. The molecule has 108 valence electrons. The summed E-state index contributed by atoms with van der Waals surface area (Å²) in [4.78, 5) is 26.6. The molecule has 1 fully saturated rings. The fraction of sp³-hybridized carbons (Fsp3) is 0.429. The van der Waals surface area contributed by atoms with E-state index in [0.717, 1.165) is 0 Å². The highest BCUT2D eigenvalue weighted by molar-refractivity contribution is 5.78. The molecule has 0 radical (unpaired) electrons. The molecule has 2 rings (SSSR count). The Morgan fingerprint density at radius 1 is 1.05 bits per heavy atom. The smallest absolute Gasteiger partial charge is 0.409 e. The van der Waals surface area contributed by atoms with Gasteiger partial charge in [-0.15, -0.1) is 0 Å². The minimum Gasteiger partial charge on any atom is -0.484 e. The van der Waals surface area contributed by atoms with Crippen molar-refractivity contribution in [1.29, 1.82) is 0 Å². The molecule has 0 bridgehead atoms. The number of nitrogens with zero attached hydrogens (tertiary/aromatic N) is 2. The maximum atomic E-state index is 12.0. The first-order chi connectivity index (χ1) is 9.70. The van der Waals surface area contributed by atoms with Crippen molar-refractivity contribution in [3.05, 3.63) is 30.3 Å². The van der Waals surface area contributed by atoms with Crippen LogP contribution in [0.5, 0.6) is 5.75 Å². The summed E-state index contributed by atoms with van der Waals surface area (Å²) in [7, 11) is 1.35. The lowest BCUT2D eigenvalue weighted by molar-refractivity contribution is -0.134. The first-order valence-electron chi connectivity index (χ1n) is 6.49. The predicted molar refractivity (Wildman–Crippen MR) is 72.5 cm³/mol. The molecule has 6 nitrogen and oxygen atoms in total. The van der Waals surface area contributed by atoms with E-state index < -0.39 is 0 Å². The molecule has 1 aromatic rings. The van der Waals surface area contributed by atoms with Gasteiger partial charge in [-0.05, 0) is 12.1 Å². The van der Waals surface area contributed by atoms with Gasteiger partial charge in [0.15, 0.2) is 6.61 Å². The number of benzene rings is 1. The molecule has 0 spiro atoms. The van der Waals surface area contributed by atoms with Crippen LogP contribution in [0.4, 0.5) is 4.79 Å². The third kappa shape index (κ3) is 3.63. The Kier molecular flexibility index (Phi) is 4.81. The predicted octanol–water partition coefficient (Wildman–Crippen LogP) is 0.976. The van der Waals surface area contributed by atoms with Crippen molar-refractivity contribution >= 4 is 12.0 Å². The van der Waals surface area contributed by atoms with Gasteiger partial charge in [-0.3, -0.25) is 4.79 Å². The second-order valence-electron chi connectivity index (χ2n) is 4.44. The summed E-state index contributed by atoms with van der Waals surface area (Å²) >= 11 is 0. The number of amides is 2. The van der Waals surface area contributed by atoms with E-state index in [2.05, 4.69) is 4.74 Å². The normalized spacial score (nSPS) is 14.8. The molecule has 0 N–H and O–H groups in total.